The number of halogens is 1. The lowest BCUT2D eigenvalue weighted by atomic mass is 10.1. The fourth-order valence-corrected chi connectivity index (χ4v) is 5.72. The third-order valence-corrected chi connectivity index (χ3v) is 7.73. The Morgan fingerprint density at radius 3 is 2.52 bits per heavy atom. The van der Waals surface area contributed by atoms with Crippen LogP contribution in [0.1, 0.15) is 24.2 Å². The molecule has 1 heterocycles. The second-order valence-corrected chi connectivity index (χ2v) is 8.68. The molecule has 21 heavy (non-hydrogen) atoms. The number of carbonyl (C=O) groups excluding carboxylic acids is 1. The zero-order valence-corrected chi connectivity index (χ0v) is 15.7. The van der Waals surface area contributed by atoms with E-state index in [1.54, 1.807) is 38.1 Å². The fourth-order valence-electron chi connectivity index (χ4n) is 2.18. The van der Waals surface area contributed by atoms with E-state index >= 15 is 0 Å². The normalized spacial score (nSPS) is 25.5. The first-order valence-electron chi connectivity index (χ1n) is 6.71. The maximum atomic E-state index is 12.8. The van der Waals surface area contributed by atoms with Crippen molar-refractivity contribution in [2.75, 3.05) is 20.0 Å². The maximum absolute atomic E-state index is 12.8. The number of Topliss-reactive ketones (excluding diaryl/α,β-unsaturated/α-hetero) is 1. The molecule has 1 aromatic rings. The maximum Gasteiger partial charge on any atom is 0.180 e. The van der Waals surface area contributed by atoms with Gasteiger partial charge in [0.2, 0.25) is 0 Å². The first kappa shape index (κ1) is 17.0. The van der Waals surface area contributed by atoms with Crippen molar-refractivity contribution in [3.8, 4) is 11.5 Å². The van der Waals surface area contributed by atoms with E-state index in [-0.39, 0.29) is 11.0 Å². The highest BCUT2D eigenvalue weighted by Crippen LogP contribution is 2.41. The average Bonchev–Trinajstić information content (AvgIpc) is 2.49. The molecular weight excluding hydrogens is 372 g/mol. The van der Waals surface area contributed by atoms with Crippen molar-refractivity contribution in [3.05, 3.63) is 22.2 Å². The quantitative estimate of drug-likeness (QED) is 0.717. The van der Waals surface area contributed by atoms with E-state index in [2.05, 4.69) is 29.8 Å². The molecule has 2 rings (SSSR count). The molecule has 0 aromatic heterocycles. The van der Waals surface area contributed by atoms with Gasteiger partial charge in [-0.15, -0.1) is 11.8 Å². The van der Waals surface area contributed by atoms with Gasteiger partial charge in [0.25, 0.3) is 0 Å². The molecular formula is C15H19BrO3S2. The van der Waals surface area contributed by atoms with Crippen LogP contribution in [0.15, 0.2) is 16.6 Å². The van der Waals surface area contributed by atoms with Gasteiger partial charge in [0, 0.05) is 16.3 Å². The largest absolute Gasteiger partial charge is 0.495 e. The summed E-state index contributed by atoms with van der Waals surface area (Å²) in [6, 6.07) is 3.59. The van der Waals surface area contributed by atoms with Crippen molar-refractivity contribution in [1.82, 2.24) is 0 Å². The summed E-state index contributed by atoms with van der Waals surface area (Å²) >= 11 is 7.08. The number of thioether (sulfide) groups is 2. The Morgan fingerprint density at radius 2 is 1.95 bits per heavy atom. The van der Waals surface area contributed by atoms with E-state index in [1.165, 1.54) is 0 Å². The second-order valence-electron chi connectivity index (χ2n) is 4.90. The van der Waals surface area contributed by atoms with Gasteiger partial charge in [-0.25, -0.2) is 0 Å². The molecule has 0 bridgehead atoms. The van der Waals surface area contributed by atoms with E-state index in [4.69, 9.17) is 9.47 Å². The lowest BCUT2D eigenvalue weighted by molar-refractivity contribution is 0.0991. The molecule has 0 amide bonds. The van der Waals surface area contributed by atoms with E-state index < -0.39 is 0 Å². The molecule has 1 saturated heterocycles. The molecule has 1 aliphatic rings. The lowest BCUT2D eigenvalue weighted by Crippen LogP contribution is -2.31. The standard InChI is InChI=1S/C15H19BrO3S2/c1-8-9(2)21-12(7-20-8)14(17)10-5-6-11(18-3)13(16)15(10)19-4/h5-6,8-9,12H,7H2,1-4H3. The van der Waals surface area contributed by atoms with Crippen LogP contribution >= 0.6 is 39.5 Å². The summed E-state index contributed by atoms with van der Waals surface area (Å²) in [6.07, 6.45) is 0. The number of hydrogen-bond donors (Lipinski definition) is 0. The average molecular weight is 391 g/mol. The minimum atomic E-state index is -0.0182. The third kappa shape index (κ3) is 3.54. The number of methoxy groups -OCH3 is 2. The Bertz CT molecular complexity index is 536. The molecule has 0 spiro atoms. The number of benzene rings is 1. The predicted molar refractivity (Wildman–Crippen MR) is 94.3 cm³/mol. The number of ketones is 1. The molecule has 3 unspecified atom stereocenters. The molecule has 1 aromatic carbocycles. The van der Waals surface area contributed by atoms with E-state index in [1.807, 2.05) is 11.8 Å². The molecule has 0 saturated carbocycles. The fraction of sp³-hybridized carbons (Fsp3) is 0.533. The third-order valence-electron chi connectivity index (χ3n) is 3.59. The summed E-state index contributed by atoms with van der Waals surface area (Å²) in [5, 5.41) is 1.05. The number of carbonyl (C=O) groups is 1. The topological polar surface area (TPSA) is 35.5 Å². The molecule has 0 N–H and O–H groups in total. The first-order chi connectivity index (χ1) is 9.99. The van der Waals surface area contributed by atoms with Crippen molar-refractivity contribution in [2.45, 2.75) is 29.6 Å². The van der Waals surface area contributed by atoms with Crippen molar-refractivity contribution in [1.29, 1.82) is 0 Å². The van der Waals surface area contributed by atoms with Crippen LogP contribution in [0.5, 0.6) is 11.5 Å². The molecule has 0 aliphatic carbocycles. The summed E-state index contributed by atoms with van der Waals surface area (Å²) < 4.78 is 11.4. The SMILES string of the molecule is COc1ccc(C(=O)C2CSC(C)C(C)S2)c(OC)c1Br. The van der Waals surface area contributed by atoms with Gasteiger partial charge in [-0.1, -0.05) is 13.8 Å². The smallest absolute Gasteiger partial charge is 0.180 e. The minimum absolute atomic E-state index is 0.0182. The van der Waals surface area contributed by atoms with Gasteiger partial charge in [-0.3, -0.25) is 4.79 Å². The molecule has 0 radical (unpaired) electrons. The Labute approximate surface area is 142 Å². The Balaban J connectivity index is 2.29. The van der Waals surface area contributed by atoms with Gasteiger partial charge < -0.3 is 9.47 Å². The van der Waals surface area contributed by atoms with Crippen molar-refractivity contribution in [3.63, 3.8) is 0 Å². The monoisotopic (exact) mass is 390 g/mol. The van der Waals surface area contributed by atoms with Crippen LogP contribution in [0, 0.1) is 0 Å². The van der Waals surface area contributed by atoms with E-state index in [0.717, 1.165) is 5.75 Å². The zero-order valence-electron chi connectivity index (χ0n) is 12.5. The summed E-state index contributed by atoms with van der Waals surface area (Å²) in [5.74, 6) is 2.20. The molecule has 3 nitrogen and oxygen atoms in total. The van der Waals surface area contributed by atoms with E-state index in [9.17, 15) is 4.79 Å². The van der Waals surface area contributed by atoms with Crippen LogP contribution in [0.2, 0.25) is 0 Å². The summed E-state index contributed by atoms with van der Waals surface area (Å²) in [4.78, 5) is 12.8. The zero-order chi connectivity index (χ0) is 15.6. The second kappa shape index (κ2) is 7.29. The molecule has 6 heteroatoms. The van der Waals surface area contributed by atoms with Crippen molar-refractivity contribution in [2.24, 2.45) is 0 Å². The highest BCUT2D eigenvalue weighted by Gasteiger charge is 2.32. The van der Waals surface area contributed by atoms with Gasteiger partial charge in [-0.05, 0) is 28.1 Å². The van der Waals surface area contributed by atoms with Crippen molar-refractivity contribution >= 4 is 45.2 Å². The lowest BCUT2D eigenvalue weighted by Gasteiger charge is -2.30. The summed E-state index contributed by atoms with van der Waals surface area (Å²) in [7, 11) is 3.17. The van der Waals surface area contributed by atoms with Gasteiger partial charge >= 0.3 is 0 Å². The Hall–Kier alpha value is -0.330. The number of hydrogen-bond acceptors (Lipinski definition) is 5. The van der Waals surface area contributed by atoms with Crippen LogP contribution in [-0.4, -0.2) is 41.5 Å². The molecule has 116 valence electrons. The van der Waals surface area contributed by atoms with Gasteiger partial charge in [0.1, 0.15) is 16.0 Å². The number of ether oxygens (including phenoxy) is 2. The van der Waals surface area contributed by atoms with Crippen LogP contribution in [0.3, 0.4) is 0 Å². The summed E-state index contributed by atoms with van der Waals surface area (Å²) in [5.41, 5.74) is 0.616. The highest BCUT2D eigenvalue weighted by molar-refractivity contribution is 9.10. The van der Waals surface area contributed by atoms with Crippen LogP contribution in [0.25, 0.3) is 0 Å². The summed E-state index contributed by atoms with van der Waals surface area (Å²) in [6.45, 7) is 4.40. The molecule has 1 aliphatic heterocycles. The highest BCUT2D eigenvalue weighted by atomic mass is 79.9. The predicted octanol–water partition coefficient (Wildman–Crippen LogP) is 4.27. The van der Waals surface area contributed by atoms with Gasteiger partial charge in [-0.2, -0.15) is 11.8 Å². The Kier molecular flexibility index (Phi) is 5.91. The van der Waals surface area contributed by atoms with Crippen LogP contribution < -0.4 is 9.47 Å². The van der Waals surface area contributed by atoms with E-state index in [0.29, 0.717) is 32.0 Å². The molecule has 1 fully saturated rings. The number of rotatable bonds is 4. The van der Waals surface area contributed by atoms with Gasteiger partial charge in [0.05, 0.1) is 25.0 Å². The van der Waals surface area contributed by atoms with Crippen molar-refractivity contribution < 1.29 is 14.3 Å². The van der Waals surface area contributed by atoms with Crippen LogP contribution in [-0.2, 0) is 0 Å². The first-order valence-corrected chi connectivity index (χ1v) is 9.49. The van der Waals surface area contributed by atoms with Crippen LogP contribution in [0.4, 0.5) is 0 Å². The van der Waals surface area contributed by atoms with Gasteiger partial charge in [0.15, 0.2) is 5.78 Å². The minimum Gasteiger partial charge on any atom is -0.495 e. The molecule has 3 atom stereocenters. The Morgan fingerprint density at radius 1 is 1.24 bits per heavy atom.